The van der Waals surface area contributed by atoms with E-state index in [9.17, 15) is 4.79 Å². The van der Waals surface area contributed by atoms with Crippen molar-refractivity contribution in [3.63, 3.8) is 0 Å². The molecular formula is C20H17N3O4S. The topological polar surface area (TPSA) is 72.4 Å². The Morgan fingerprint density at radius 1 is 1.14 bits per heavy atom. The molecule has 3 heterocycles. The van der Waals surface area contributed by atoms with E-state index < -0.39 is 5.72 Å². The lowest BCUT2D eigenvalue weighted by Gasteiger charge is -2.30. The van der Waals surface area contributed by atoms with Gasteiger partial charge in [-0.3, -0.25) is 10.2 Å². The monoisotopic (exact) mass is 395 g/mol. The van der Waals surface area contributed by atoms with Crippen LogP contribution in [0.3, 0.4) is 0 Å². The van der Waals surface area contributed by atoms with E-state index in [1.165, 1.54) is 11.3 Å². The van der Waals surface area contributed by atoms with Crippen LogP contribution < -0.4 is 14.9 Å². The van der Waals surface area contributed by atoms with Crippen molar-refractivity contribution in [2.24, 2.45) is 5.16 Å². The summed E-state index contributed by atoms with van der Waals surface area (Å²) >= 11 is 1.45. The van der Waals surface area contributed by atoms with Crippen LogP contribution in [0.4, 0.5) is 0 Å². The molecule has 0 saturated carbocycles. The minimum Gasteiger partial charge on any atom is -0.454 e. The van der Waals surface area contributed by atoms with Crippen LogP contribution >= 0.6 is 11.3 Å². The number of hydrogen-bond donors (Lipinski definition) is 1. The van der Waals surface area contributed by atoms with E-state index in [4.69, 9.17) is 14.3 Å². The molecule has 0 bridgehead atoms. The number of hydrogen-bond acceptors (Lipinski definition) is 7. The molecule has 3 aromatic rings. The van der Waals surface area contributed by atoms with E-state index in [-0.39, 0.29) is 12.7 Å². The second kappa shape index (κ2) is 6.13. The van der Waals surface area contributed by atoms with Gasteiger partial charge in [0.05, 0.1) is 4.88 Å². The number of fused-ring (bicyclic) bond motifs is 2. The summed E-state index contributed by atoms with van der Waals surface area (Å²) in [4.78, 5) is 19.1. The summed E-state index contributed by atoms with van der Waals surface area (Å²) in [5.41, 5.74) is 2.86. The van der Waals surface area contributed by atoms with Crippen molar-refractivity contribution in [3.8, 4) is 11.5 Å². The zero-order valence-corrected chi connectivity index (χ0v) is 16.1. The van der Waals surface area contributed by atoms with Crippen LogP contribution in [0.1, 0.15) is 29.1 Å². The van der Waals surface area contributed by atoms with E-state index in [1.54, 1.807) is 5.01 Å². The molecule has 2 aromatic carbocycles. The summed E-state index contributed by atoms with van der Waals surface area (Å²) in [6, 6.07) is 15.3. The highest BCUT2D eigenvalue weighted by molar-refractivity contribution is 7.20. The number of oxime groups is 1. The lowest BCUT2D eigenvalue weighted by molar-refractivity contribution is -0.0823. The highest BCUT2D eigenvalue weighted by Crippen LogP contribution is 2.35. The molecule has 8 heteroatoms. The largest absolute Gasteiger partial charge is 0.454 e. The fourth-order valence-electron chi connectivity index (χ4n) is 3.15. The first-order valence-electron chi connectivity index (χ1n) is 8.77. The van der Waals surface area contributed by atoms with Gasteiger partial charge in [-0.25, -0.2) is 5.01 Å². The van der Waals surface area contributed by atoms with Crippen molar-refractivity contribution in [3.05, 3.63) is 59.0 Å². The number of carbonyl (C=O) groups is 1. The normalized spacial score (nSPS) is 16.8. The lowest BCUT2D eigenvalue weighted by Crippen LogP contribution is -2.54. The number of ether oxygens (including phenoxy) is 2. The number of amides is 1. The molecule has 0 radical (unpaired) electrons. The first-order valence-corrected chi connectivity index (χ1v) is 9.59. The maximum absolute atomic E-state index is 12.9. The number of nitrogens with one attached hydrogen (secondary N) is 1. The third-order valence-corrected chi connectivity index (χ3v) is 5.71. The van der Waals surface area contributed by atoms with Gasteiger partial charge in [-0.2, -0.15) is 0 Å². The molecule has 7 nitrogen and oxygen atoms in total. The smallest absolute Gasteiger partial charge is 0.280 e. The van der Waals surface area contributed by atoms with E-state index in [1.807, 2.05) is 62.4 Å². The molecule has 1 aromatic heterocycles. The molecule has 0 atom stereocenters. The second-order valence-electron chi connectivity index (χ2n) is 6.95. The molecule has 1 amide bonds. The molecule has 0 unspecified atom stereocenters. The summed E-state index contributed by atoms with van der Waals surface area (Å²) < 4.78 is 11.9. The standard InChI is InChI=1S/C20H17N3O4S/c1-20(2)23(21-19(24)17-10-12-5-3-4-6-16(12)28-17)18(22-27-20)13-7-8-14-15(9-13)26-11-25-14/h3-10H,11H2,1-2H3,(H,21,24). The van der Waals surface area contributed by atoms with Gasteiger partial charge in [0.15, 0.2) is 17.3 Å². The van der Waals surface area contributed by atoms with Gasteiger partial charge < -0.3 is 14.3 Å². The summed E-state index contributed by atoms with van der Waals surface area (Å²) in [6.45, 7) is 3.86. The molecule has 0 spiro atoms. The Balaban J connectivity index is 1.44. The van der Waals surface area contributed by atoms with E-state index in [2.05, 4.69) is 10.6 Å². The summed E-state index contributed by atoms with van der Waals surface area (Å²) in [5, 5.41) is 6.87. The third-order valence-electron chi connectivity index (χ3n) is 4.60. The molecule has 5 rings (SSSR count). The van der Waals surface area contributed by atoms with Gasteiger partial charge >= 0.3 is 0 Å². The number of carbonyl (C=O) groups excluding carboxylic acids is 1. The maximum Gasteiger partial charge on any atom is 0.280 e. The van der Waals surface area contributed by atoms with E-state index in [0.29, 0.717) is 22.2 Å². The number of thiophene rings is 1. The maximum atomic E-state index is 12.9. The average molecular weight is 395 g/mol. The van der Waals surface area contributed by atoms with Gasteiger partial charge in [-0.15, -0.1) is 11.3 Å². The minimum atomic E-state index is -0.835. The number of nitrogens with zero attached hydrogens (tertiary/aromatic N) is 2. The van der Waals surface area contributed by atoms with Gasteiger partial charge in [-0.05, 0) is 49.6 Å². The fourth-order valence-corrected chi connectivity index (χ4v) is 4.10. The van der Waals surface area contributed by atoms with E-state index in [0.717, 1.165) is 15.6 Å². The number of benzene rings is 2. The molecule has 0 saturated heterocycles. The van der Waals surface area contributed by atoms with Crippen LogP contribution in [0.15, 0.2) is 53.7 Å². The molecule has 1 N–H and O–H groups in total. The Morgan fingerprint density at radius 2 is 1.96 bits per heavy atom. The minimum absolute atomic E-state index is 0.194. The summed E-state index contributed by atoms with van der Waals surface area (Å²) in [7, 11) is 0. The third kappa shape index (κ3) is 2.73. The molecule has 0 fully saturated rings. The first kappa shape index (κ1) is 16.9. The van der Waals surface area contributed by atoms with Crippen LogP contribution in [0, 0.1) is 0 Å². The Hall–Kier alpha value is -3.26. The van der Waals surface area contributed by atoms with Gasteiger partial charge in [0.25, 0.3) is 5.91 Å². The van der Waals surface area contributed by atoms with Gasteiger partial charge in [0.2, 0.25) is 12.5 Å². The predicted molar refractivity (Wildman–Crippen MR) is 105 cm³/mol. The van der Waals surface area contributed by atoms with Gasteiger partial charge in [0.1, 0.15) is 0 Å². The predicted octanol–water partition coefficient (Wildman–Crippen LogP) is 3.70. The molecule has 28 heavy (non-hydrogen) atoms. The zero-order chi connectivity index (χ0) is 19.3. The number of hydrazine groups is 1. The molecule has 2 aliphatic rings. The Kier molecular flexibility index (Phi) is 3.70. The molecule has 2 aliphatic heterocycles. The van der Waals surface area contributed by atoms with Gasteiger partial charge in [0, 0.05) is 10.3 Å². The number of rotatable bonds is 3. The van der Waals surface area contributed by atoms with Crippen molar-refractivity contribution in [2.45, 2.75) is 19.6 Å². The fraction of sp³-hybridized carbons (Fsp3) is 0.200. The summed E-state index contributed by atoms with van der Waals surface area (Å²) in [6.07, 6.45) is 0. The molecular weight excluding hydrogens is 378 g/mol. The summed E-state index contributed by atoms with van der Waals surface area (Å²) in [5.74, 6) is 1.61. The lowest BCUT2D eigenvalue weighted by atomic mass is 10.1. The highest BCUT2D eigenvalue weighted by Gasteiger charge is 2.40. The van der Waals surface area contributed by atoms with Crippen LogP contribution in [0.5, 0.6) is 11.5 Å². The van der Waals surface area contributed by atoms with Gasteiger partial charge in [-0.1, -0.05) is 23.4 Å². The van der Waals surface area contributed by atoms with Crippen LogP contribution in [-0.2, 0) is 4.84 Å². The van der Waals surface area contributed by atoms with Crippen LogP contribution in [-0.4, -0.2) is 29.3 Å². The highest BCUT2D eigenvalue weighted by atomic mass is 32.1. The zero-order valence-electron chi connectivity index (χ0n) is 15.3. The van der Waals surface area contributed by atoms with Crippen molar-refractivity contribution >= 4 is 33.2 Å². The molecule has 142 valence electrons. The Labute approximate surface area is 165 Å². The first-order chi connectivity index (χ1) is 13.5. The quantitative estimate of drug-likeness (QED) is 0.732. The Morgan fingerprint density at radius 3 is 2.82 bits per heavy atom. The van der Waals surface area contributed by atoms with Crippen LogP contribution in [0.25, 0.3) is 10.1 Å². The van der Waals surface area contributed by atoms with Crippen molar-refractivity contribution in [1.82, 2.24) is 10.4 Å². The van der Waals surface area contributed by atoms with Crippen molar-refractivity contribution in [2.75, 3.05) is 6.79 Å². The van der Waals surface area contributed by atoms with E-state index >= 15 is 0 Å². The average Bonchev–Trinajstić information content (AvgIpc) is 3.38. The van der Waals surface area contributed by atoms with Crippen LogP contribution in [0.2, 0.25) is 0 Å². The number of amidine groups is 1. The van der Waals surface area contributed by atoms with Crippen molar-refractivity contribution in [1.29, 1.82) is 0 Å². The SMILES string of the molecule is CC1(C)ON=C(c2ccc3c(c2)OCO3)N1NC(=O)c1cc2ccccc2s1. The second-order valence-corrected chi connectivity index (χ2v) is 8.03. The van der Waals surface area contributed by atoms with Crippen molar-refractivity contribution < 1.29 is 19.1 Å². The molecule has 0 aliphatic carbocycles. The Bertz CT molecular complexity index is 1090.